The second-order valence-electron chi connectivity index (χ2n) is 5.41. The van der Waals surface area contributed by atoms with Crippen molar-refractivity contribution < 1.29 is 4.39 Å². The van der Waals surface area contributed by atoms with E-state index in [-0.39, 0.29) is 5.82 Å². The molecule has 4 heteroatoms. The molecule has 0 bridgehead atoms. The average Bonchev–Trinajstić information content (AvgIpc) is 2.80. The summed E-state index contributed by atoms with van der Waals surface area (Å²) < 4.78 is 14.1. The first-order valence-electron chi connectivity index (χ1n) is 7.07. The number of aromatic nitrogens is 1. The highest BCUT2D eigenvalue weighted by Crippen LogP contribution is 2.31. The first kappa shape index (κ1) is 12.9. The molecule has 2 aromatic rings. The van der Waals surface area contributed by atoms with E-state index in [9.17, 15) is 4.39 Å². The highest BCUT2D eigenvalue weighted by molar-refractivity contribution is 7.22. The van der Waals surface area contributed by atoms with Gasteiger partial charge in [0.05, 0.1) is 10.2 Å². The zero-order valence-corrected chi connectivity index (χ0v) is 12.0. The predicted octanol–water partition coefficient (Wildman–Crippen LogP) is 4.82. The molecule has 2 nitrogen and oxygen atoms in total. The van der Waals surface area contributed by atoms with Crippen molar-refractivity contribution in [2.75, 3.05) is 5.32 Å². The lowest BCUT2D eigenvalue weighted by Crippen LogP contribution is -2.26. The number of nitrogens with zero attached hydrogens (tertiary/aromatic N) is 1. The maximum absolute atomic E-state index is 13.2. The monoisotopic (exact) mass is 278 g/mol. The van der Waals surface area contributed by atoms with Crippen molar-refractivity contribution in [1.82, 2.24) is 4.98 Å². The van der Waals surface area contributed by atoms with Crippen molar-refractivity contribution in [2.24, 2.45) is 5.92 Å². The van der Waals surface area contributed by atoms with Crippen molar-refractivity contribution in [1.29, 1.82) is 0 Å². The minimum atomic E-state index is -0.189. The number of fused-ring (bicyclic) bond motifs is 1. The standard InChI is InChI=1S/C15H19FN2S/c1-2-10-4-3-5-12(8-10)17-15-18-13-7-6-11(16)9-14(13)19-15/h6-7,9-10,12H,2-5,8H2,1H3,(H,17,18). The Morgan fingerprint density at radius 1 is 1.42 bits per heavy atom. The fourth-order valence-corrected chi connectivity index (χ4v) is 3.90. The smallest absolute Gasteiger partial charge is 0.184 e. The van der Waals surface area contributed by atoms with E-state index in [2.05, 4.69) is 17.2 Å². The van der Waals surface area contributed by atoms with Crippen LogP contribution in [-0.2, 0) is 0 Å². The molecule has 0 radical (unpaired) electrons. The molecule has 1 saturated carbocycles. The molecule has 102 valence electrons. The fraction of sp³-hybridized carbons (Fsp3) is 0.533. The van der Waals surface area contributed by atoms with Gasteiger partial charge in [-0.15, -0.1) is 0 Å². The molecule has 1 aliphatic rings. The van der Waals surface area contributed by atoms with Crippen LogP contribution < -0.4 is 5.32 Å². The molecule has 1 aromatic carbocycles. The Hall–Kier alpha value is -1.16. The predicted molar refractivity (Wildman–Crippen MR) is 79.2 cm³/mol. The van der Waals surface area contributed by atoms with E-state index >= 15 is 0 Å². The molecule has 2 unspecified atom stereocenters. The largest absolute Gasteiger partial charge is 0.359 e. The van der Waals surface area contributed by atoms with Crippen LogP contribution in [0.25, 0.3) is 10.2 Å². The van der Waals surface area contributed by atoms with Gasteiger partial charge in [-0.2, -0.15) is 0 Å². The molecule has 2 atom stereocenters. The maximum atomic E-state index is 13.2. The van der Waals surface area contributed by atoms with Gasteiger partial charge in [-0.05, 0) is 37.0 Å². The zero-order valence-electron chi connectivity index (χ0n) is 11.2. The lowest BCUT2D eigenvalue weighted by Gasteiger charge is -2.28. The lowest BCUT2D eigenvalue weighted by molar-refractivity contribution is 0.327. The van der Waals surface area contributed by atoms with E-state index in [0.717, 1.165) is 21.3 Å². The molecular formula is C15H19FN2S. The van der Waals surface area contributed by atoms with Gasteiger partial charge in [-0.1, -0.05) is 37.5 Å². The Labute approximate surface area is 117 Å². The quantitative estimate of drug-likeness (QED) is 0.871. The summed E-state index contributed by atoms with van der Waals surface area (Å²) in [5.41, 5.74) is 0.886. The maximum Gasteiger partial charge on any atom is 0.184 e. The molecule has 1 aliphatic carbocycles. The number of hydrogen-bond acceptors (Lipinski definition) is 3. The SMILES string of the molecule is CCC1CCCC(Nc2nc3ccc(F)cc3s2)C1. The summed E-state index contributed by atoms with van der Waals surface area (Å²) in [7, 11) is 0. The first-order valence-corrected chi connectivity index (χ1v) is 7.89. The van der Waals surface area contributed by atoms with Gasteiger partial charge in [-0.25, -0.2) is 9.37 Å². The number of benzene rings is 1. The van der Waals surface area contributed by atoms with E-state index in [1.807, 2.05) is 0 Å². The minimum absolute atomic E-state index is 0.189. The summed E-state index contributed by atoms with van der Waals surface area (Å²) in [6, 6.07) is 5.32. The van der Waals surface area contributed by atoms with E-state index in [4.69, 9.17) is 0 Å². The van der Waals surface area contributed by atoms with Gasteiger partial charge in [0.1, 0.15) is 5.82 Å². The Balaban J connectivity index is 1.74. The summed E-state index contributed by atoms with van der Waals surface area (Å²) in [5, 5.41) is 4.47. The zero-order chi connectivity index (χ0) is 13.2. The average molecular weight is 278 g/mol. The third-order valence-electron chi connectivity index (χ3n) is 4.04. The van der Waals surface area contributed by atoms with E-state index in [1.54, 1.807) is 23.5 Å². The van der Waals surface area contributed by atoms with Gasteiger partial charge in [0.15, 0.2) is 5.13 Å². The number of hydrogen-bond donors (Lipinski definition) is 1. The minimum Gasteiger partial charge on any atom is -0.359 e. The molecular weight excluding hydrogens is 259 g/mol. The Kier molecular flexibility index (Phi) is 3.69. The van der Waals surface area contributed by atoms with E-state index < -0.39 is 0 Å². The Bertz CT molecular complexity index is 566. The third-order valence-corrected chi connectivity index (χ3v) is 4.99. The third kappa shape index (κ3) is 2.89. The molecule has 3 rings (SSSR count). The van der Waals surface area contributed by atoms with Crippen LogP contribution in [0.1, 0.15) is 39.0 Å². The molecule has 0 aliphatic heterocycles. The second kappa shape index (κ2) is 5.45. The van der Waals surface area contributed by atoms with Crippen LogP contribution in [0.2, 0.25) is 0 Å². The van der Waals surface area contributed by atoms with Crippen LogP contribution in [0.4, 0.5) is 9.52 Å². The molecule has 1 heterocycles. The van der Waals surface area contributed by atoms with Gasteiger partial charge in [0.2, 0.25) is 0 Å². The highest BCUT2D eigenvalue weighted by atomic mass is 32.1. The van der Waals surface area contributed by atoms with Crippen molar-refractivity contribution in [3.05, 3.63) is 24.0 Å². The van der Waals surface area contributed by atoms with E-state index in [1.165, 1.54) is 38.2 Å². The second-order valence-corrected chi connectivity index (χ2v) is 6.44. The van der Waals surface area contributed by atoms with Gasteiger partial charge in [0, 0.05) is 6.04 Å². The Morgan fingerprint density at radius 2 is 2.32 bits per heavy atom. The Morgan fingerprint density at radius 3 is 3.16 bits per heavy atom. The molecule has 0 amide bonds. The summed E-state index contributed by atoms with van der Waals surface area (Å²) >= 11 is 1.55. The van der Waals surface area contributed by atoms with Crippen LogP contribution >= 0.6 is 11.3 Å². The van der Waals surface area contributed by atoms with Crippen molar-refractivity contribution in [3.8, 4) is 0 Å². The molecule has 0 saturated heterocycles. The molecule has 1 N–H and O–H groups in total. The van der Waals surface area contributed by atoms with E-state index in [0.29, 0.717) is 6.04 Å². The van der Waals surface area contributed by atoms with Crippen molar-refractivity contribution >= 4 is 26.7 Å². The van der Waals surface area contributed by atoms with Crippen LogP contribution in [-0.4, -0.2) is 11.0 Å². The fourth-order valence-electron chi connectivity index (χ4n) is 2.93. The molecule has 0 spiro atoms. The van der Waals surface area contributed by atoms with Gasteiger partial charge >= 0.3 is 0 Å². The number of thiazole rings is 1. The number of anilines is 1. The molecule has 19 heavy (non-hydrogen) atoms. The van der Waals surface area contributed by atoms with Gasteiger partial charge in [0.25, 0.3) is 0 Å². The topological polar surface area (TPSA) is 24.9 Å². The highest BCUT2D eigenvalue weighted by Gasteiger charge is 2.21. The van der Waals surface area contributed by atoms with Gasteiger partial charge in [-0.3, -0.25) is 0 Å². The first-order chi connectivity index (χ1) is 9.24. The molecule has 1 fully saturated rings. The van der Waals surface area contributed by atoms with Crippen molar-refractivity contribution in [2.45, 2.75) is 45.1 Å². The van der Waals surface area contributed by atoms with Crippen LogP contribution in [0.3, 0.4) is 0 Å². The van der Waals surface area contributed by atoms with Crippen LogP contribution in [0.5, 0.6) is 0 Å². The van der Waals surface area contributed by atoms with Crippen molar-refractivity contribution in [3.63, 3.8) is 0 Å². The number of halogens is 1. The summed E-state index contributed by atoms with van der Waals surface area (Å²) in [4.78, 5) is 4.54. The van der Waals surface area contributed by atoms with Gasteiger partial charge < -0.3 is 5.32 Å². The summed E-state index contributed by atoms with van der Waals surface area (Å²) in [6.45, 7) is 2.27. The molecule has 1 aromatic heterocycles. The summed E-state index contributed by atoms with van der Waals surface area (Å²) in [6.07, 6.45) is 6.39. The number of rotatable bonds is 3. The normalized spacial score (nSPS) is 23.7. The number of nitrogens with one attached hydrogen (secondary N) is 1. The van der Waals surface area contributed by atoms with Crippen LogP contribution in [0, 0.1) is 11.7 Å². The van der Waals surface area contributed by atoms with Crippen LogP contribution in [0.15, 0.2) is 18.2 Å². The summed E-state index contributed by atoms with van der Waals surface area (Å²) in [5.74, 6) is 0.657. The lowest BCUT2D eigenvalue weighted by atomic mass is 9.84.